The molecule has 2 atom stereocenters. The Hall–Kier alpha value is -1.97. The van der Waals surface area contributed by atoms with Gasteiger partial charge in [-0.2, -0.15) is 0 Å². The summed E-state index contributed by atoms with van der Waals surface area (Å²) in [6, 6.07) is 1.05. The topological polar surface area (TPSA) is 135 Å². The van der Waals surface area contributed by atoms with E-state index in [1.807, 2.05) is 0 Å². The summed E-state index contributed by atoms with van der Waals surface area (Å²) in [6.45, 7) is 6.22. The van der Waals surface area contributed by atoms with Crippen molar-refractivity contribution in [3.05, 3.63) is 32.6 Å². The molecule has 1 amide bonds. The van der Waals surface area contributed by atoms with Gasteiger partial charge in [-0.1, -0.05) is 11.6 Å². The Kier molecular flexibility index (Phi) is 6.47. The summed E-state index contributed by atoms with van der Waals surface area (Å²) in [5.74, 6) is 0. The highest BCUT2D eigenvalue weighted by Gasteiger charge is 2.26. The zero-order chi connectivity index (χ0) is 18.7. The van der Waals surface area contributed by atoms with E-state index >= 15 is 0 Å². The Bertz CT molecular complexity index is 632. The Morgan fingerprint density at radius 1 is 1.50 bits per heavy atom. The molecule has 0 spiro atoms. The fourth-order valence-electron chi connectivity index (χ4n) is 1.83. The van der Waals surface area contributed by atoms with Gasteiger partial charge in [-0.05, 0) is 27.7 Å². The van der Waals surface area contributed by atoms with Crippen LogP contribution in [0.25, 0.3) is 0 Å². The van der Waals surface area contributed by atoms with E-state index in [0.29, 0.717) is 0 Å². The molecular formula is C14H20ClN3O6. The number of pyridine rings is 1. The smallest absolute Gasteiger partial charge is 0.407 e. The van der Waals surface area contributed by atoms with Crippen molar-refractivity contribution in [2.75, 3.05) is 6.54 Å². The van der Waals surface area contributed by atoms with E-state index in [9.17, 15) is 25.1 Å². The number of alkyl carbamates (subject to hydrolysis) is 1. The second-order valence-corrected chi connectivity index (χ2v) is 6.48. The molecule has 0 aliphatic heterocycles. The van der Waals surface area contributed by atoms with Crippen molar-refractivity contribution in [1.82, 2.24) is 10.3 Å². The minimum Gasteiger partial charge on any atom is -0.444 e. The molecule has 0 aliphatic rings. The van der Waals surface area contributed by atoms with E-state index in [0.717, 1.165) is 6.07 Å². The minimum atomic E-state index is -1.50. The van der Waals surface area contributed by atoms with Gasteiger partial charge in [0.15, 0.2) is 0 Å². The number of amides is 1. The van der Waals surface area contributed by atoms with Gasteiger partial charge in [0.05, 0.1) is 4.92 Å². The first kappa shape index (κ1) is 20.1. The monoisotopic (exact) mass is 361 g/mol. The standard InChI is InChI=1S/C14H20ClN3O6/c1-7-8(5-9(18(22)23)12(15)17-7)11(20)10(19)6-16-13(21)24-14(2,3)4/h5,10-11,19-20H,6H2,1-4H3,(H,16,21). The number of aliphatic hydroxyl groups is 2. The molecular weight excluding hydrogens is 342 g/mol. The zero-order valence-electron chi connectivity index (χ0n) is 13.7. The number of carbonyl (C=O) groups excluding carboxylic acids is 1. The third-order valence-electron chi connectivity index (χ3n) is 2.92. The van der Waals surface area contributed by atoms with Crippen molar-refractivity contribution in [2.45, 2.75) is 45.5 Å². The van der Waals surface area contributed by atoms with Crippen LogP contribution in [0, 0.1) is 17.0 Å². The van der Waals surface area contributed by atoms with Crippen molar-refractivity contribution < 1.29 is 24.7 Å². The summed E-state index contributed by atoms with van der Waals surface area (Å²) in [6.07, 6.45) is -3.67. The van der Waals surface area contributed by atoms with Crippen LogP contribution in [0.2, 0.25) is 5.15 Å². The number of halogens is 1. The van der Waals surface area contributed by atoms with Crippen molar-refractivity contribution in [1.29, 1.82) is 0 Å². The van der Waals surface area contributed by atoms with Crippen LogP contribution in [0.1, 0.15) is 38.1 Å². The fraction of sp³-hybridized carbons (Fsp3) is 0.571. The van der Waals surface area contributed by atoms with Crippen molar-refractivity contribution >= 4 is 23.4 Å². The molecule has 1 aromatic heterocycles. The number of rotatable bonds is 5. The molecule has 0 saturated carbocycles. The molecule has 1 aromatic rings. The highest BCUT2D eigenvalue weighted by molar-refractivity contribution is 6.31. The molecule has 0 aliphatic carbocycles. The lowest BCUT2D eigenvalue weighted by Crippen LogP contribution is -2.39. The predicted octanol–water partition coefficient (Wildman–Crippen LogP) is 1.87. The molecule has 0 radical (unpaired) electrons. The number of aryl methyl sites for hydroxylation is 1. The molecule has 9 nitrogen and oxygen atoms in total. The fourth-order valence-corrected chi connectivity index (χ4v) is 2.08. The molecule has 0 bridgehead atoms. The summed E-state index contributed by atoms with van der Waals surface area (Å²) in [7, 11) is 0. The highest BCUT2D eigenvalue weighted by Crippen LogP contribution is 2.29. The number of carbonyl (C=O) groups is 1. The maximum Gasteiger partial charge on any atom is 0.407 e. The zero-order valence-corrected chi connectivity index (χ0v) is 14.5. The molecule has 1 rings (SSSR count). The van der Waals surface area contributed by atoms with Gasteiger partial charge >= 0.3 is 11.8 Å². The Balaban J connectivity index is 2.82. The normalized spacial score (nSPS) is 14.0. The third kappa shape index (κ3) is 5.59. The van der Waals surface area contributed by atoms with Gasteiger partial charge in [-0.3, -0.25) is 10.1 Å². The molecule has 1 heterocycles. The van der Waals surface area contributed by atoms with Crippen LogP contribution in [-0.2, 0) is 4.74 Å². The first-order valence-corrected chi connectivity index (χ1v) is 7.44. The largest absolute Gasteiger partial charge is 0.444 e. The number of nitrogens with zero attached hydrogens (tertiary/aromatic N) is 2. The lowest BCUT2D eigenvalue weighted by molar-refractivity contribution is -0.385. The summed E-state index contributed by atoms with van der Waals surface area (Å²) in [5.41, 5.74) is -0.909. The first-order valence-electron chi connectivity index (χ1n) is 7.06. The molecule has 0 fully saturated rings. The number of hydrogen-bond donors (Lipinski definition) is 3. The Labute approximate surface area is 143 Å². The number of nitrogens with one attached hydrogen (secondary N) is 1. The van der Waals surface area contributed by atoms with Gasteiger partial charge < -0.3 is 20.3 Å². The van der Waals surface area contributed by atoms with Crippen molar-refractivity contribution in [3.8, 4) is 0 Å². The van der Waals surface area contributed by atoms with E-state index < -0.39 is 34.5 Å². The quantitative estimate of drug-likeness (QED) is 0.414. The highest BCUT2D eigenvalue weighted by atomic mass is 35.5. The van der Waals surface area contributed by atoms with Crippen LogP contribution < -0.4 is 5.32 Å². The van der Waals surface area contributed by atoms with Crippen LogP contribution in [0.3, 0.4) is 0 Å². The molecule has 10 heteroatoms. The molecule has 3 N–H and O–H groups in total. The summed E-state index contributed by atoms with van der Waals surface area (Å²) >= 11 is 5.67. The number of aliphatic hydroxyl groups excluding tert-OH is 2. The predicted molar refractivity (Wildman–Crippen MR) is 85.8 cm³/mol. The van der Waals surface area contributed by atoms with E-state index in [1.165, 1.54) is 6.92 Å². The Morgan fingerprint density at radius 3 is 2.58 bits per heavy atom. The second kappa shape index (κ2) is 7.73. The van der Waals surface area contributed by atoms with Crippen LogP contribution in [0.5, 0.6) is 0 Å². The van der Waals surface area contributed by atoms with Gasteiger partial charge in [-0.25, -0.2) is 9.78 Å². The second-order valence-electron chi connectivity index (χ2n) is 6.13. The maximum atomic E-state index is 11.5. The minimum absolute atomic E-state index is 0.0459. The molecule has 134 valence electrons. The lowest BCUT2D eigenvalue weighted by Gasteiger charge is -2.22. The SMILES string of the molecule is Cc1nc(Cl)c([N+](=O)[O-])cc1C(O)C(O)CNC(=O)OC(C)(C)C. The van der Waals surface area contributed by atoms with Gasteiger partial charge in [-0.15, -0.1) is 0 Å². The molecule has 24 heavy (non-hydrogen) atoms. The van der Waals surface area contributed by atoms with Crippen molar-refractivity contribution in [2.24, 2.45) is 0 Å². The number of nitro groups is 1. The van der Waals surface area contributed by atoms with Crippen LogP contribution in [0.15, 0.2) is 6.07 Å². The maximum absolute atomic E-state index is 11.5. The number of hydrogen-bond acceptors (Lipinski definition) is 7. The van der Waals surface area contributed by atoms with E-state index in [1.54, 1.807) is 20.8 Å². The summed E-state index contributed by atoms with van der Waals surface area (Å²) in [4.78, 5) is 25.5. The van der Waals surface area contributed by atoms with Crippen LogP contribution >= 0.6 is 11.6 Å². The molecule has 2 unspecified atom stereocenters. The van der Waals surface area contributed by atoms with Crippen molar-refractivity contribution in [3.63, 3.8) is 0 Å². The summed E-state index contributed by atoms with van der Waals surface area (Å²) in [5, 5.41) is 33.0. The third-order valence-corrected chi connectivity index (χ3v) is 3.20. The van der Waals surface area contributed by atoms with Gasteiger partial charge in [0.2, 0.25) is 5.15 Å². The van der Waals surface area contributed by atoms with E-state index in [2.05, 4.69) is 10.3 Å². The first-order chi connectivity index (χ1) is 10.9. The average Bonchev–Trinajstić information content (AvgIpc) is 2.41. The van der Waals surface area contributed by atoms with Crippen LogP contribution in [-0.4, -0.2) is 44.5 Å². The number of ether oxygens (including phenoxy) is 1. The van der Waals surface area contributed by atoms with Gasteiger partial charge in [0.25, 0.3) is 0 Å². The number of aromatic nitrogens is 1. The van der Waals surface area contributed by atoms with E-state index in [-0.39, 0.29) is 23.0 Å². The van der Waals surface area contributed by atoms with Gasteiger partial charge in [0, 0.05) is 23.9 Å². The van der Waals surface area contributed by atoms with E-state index in [4.69, 9.17) is 16.3 Å². The average molecular weight is 362 g/mol. The summed E-state index contributed by atoms with van der Waals surface area (Å²) < 4.78 is 5.00. The van der Waals surface area contributed by atoms with Crippen LogP contribution in [0.4, 0.5) is 10.5 Å². The van der Waals surface area contributed by atoms with Gasteiger partial charge in [0.1, 0.15) is 17.8 Å². The molecule has 0 saturated heterocycles. The Morgan fingerprint density at radius 2 is 2.08 bits per heavy atom. The lowest BCUT2D eigenvalue weighted by atomic mass is 10.0. The molecule has 0 aromatic carbocycles.